The minimum absolute atomic E-state index is 0.610. The van der Waals surface area contributed by atoms with E-state index in [-0.39, 0.29) is 0 Å². The molecule has 9 heavy (non-hydrogen) atoms. The van der Waals surface area contributed by atoms with E-state index in [1.165, 1.54) is 0 Å². The average Bonchev–Trinajstić information content (AvgIpc) is 1.63. The lowest BCUT2D eigenvalue weighted by Crippen LogP contribution is -2.22. The normalized spacial score (nSPS) is 16.3. The Morgan fingerprint density at radius 3 is 2.44 bits per heavy atom. The lowest BCUT2D eigenvalue weighted by molar-refractivity contribution is 0.0450. The van der Waals surface area contributed by atoms with Crippen molar-refractivity contribution in [3.05, 3.63) is 0 Å². The van der Waals surface area contributed by atoms with Gasteiger partial charge in [-0.1, -0.05) is 6.92 Å². The highest BCUT2D eigenvalue weighted by atomic mass is 79.9. The third kappa shape index (κ3) is 4.27. The summed E-state index contributed by atoms with van der Waals surface area (Å²) in [5, 5.41) is 8.13. The van der Waals surface area contributed by atoms with Crippen LogP contribution in [0.2, 0.25) is 0 Å². The summed E-state index contributed by atoms with van der Waals surface area (Å²) in [5.74, 6) is 0. The molecule has 54 valence electrons. The minimum atomic E-state index is -1.25. The Kier molecular flexibility index (Phi) is 2.97. The van der Waals surface area contributed by atoms with Crippen LogP contribution in [0.5, 0.6) is 0 Å². The third-order valence-electron chi connectivity index (χ3n) is 0.932. The van der Waals surface area contributed by atoms with Crippen LogP contribution >= 0.6 is 15.9 Å². The highest BCUT2D eigenvalue weighted by molar-refractivity contribution is 9.10. The van der Waals surface area contributed by atoms with Gasteiger partial charge < -0.3 is 9.84 Å². The first-order valence-corrected chi connectivity index (χ1v) is 3.38. The molecule has 0 spiro atoms. The summed E-state index contributed by atoms with van der Waals surface area (Å²) in [6.45, 7) is 3.48. The molecule has 0 aromatic rings. The van der Waals surface area contributed by atoms with Crippen molar-refractivity contribution in [3.63, 3.8) is 0 Å². The molecule has 0 bridgehead atoms. The van der Waals surface area contributed by atoms with E-state index in [1.807, 2.05) is 6.92 Å². The summed E-state index contributed by atoms with van der Waals surface area (Å²) in [6, 6.07) is 0. The standard InChI is InChI=1S/C5H9BrO3/c1-3-5(2,6)9-4(7)8/h3H2,1-2H3,(H,7,8). The summed E-state index contributed by atoms with van der Waals surface area (Å²) in [6.07, 6.45) is -0.643. The summed E-state index contributed by atoms with van der Waals surface area (Å²) < 4.78 is 3.70. The fraction of sp³-hybridized carbons (Fsp3) is 0.800. The zero-order valence-corrected chi connectivity index (χ0v) is 6.93. The second-order valence-electron chi connectivity index (χ2n) is 1.82. The van der Waals surface area contributed by atoms with Gasteiger partial charge in [-0.05, 0) is 29.3 Å². The van der Waals surface area contributed by atoms with E-state index < -0.39 is 10.7 Å². The van der Waals surface area contributed by atoms with E-state index in [1.54, 1.807) is 6.92 Å². The largest absolute Gasteiger partial charge is 0.507 e. The van der Waals surface area contributed by atoms with Crippen LogP contribution < -0.4 is 0 Å². The van der Waals surface area contributed by atoms with Gasteiger partial charge in [0.15, 0.2) is 4.51 Å². The van der Waals surface area contributed by atoms with Crippen LogP contribution in [0.3, 0.4) is 0 Å². The number of carboxylic acid groups (broad SMARTS) is 1. The first-order chi connectivity index (χ1) is 3.98. The van der Waals surface area contributed by atoms with Gasteiger partial charge in [0.2, 0.25) is 0 Å². The number of hydrogen-bond acceptors (Lipinski definition) is 2. The molecule has 1 N–H and O–H groups in total. The molecule has 0 heterocycles. The van der Waals surface area contributed by atoms with Gasteiger partial charge in [-0.3, -0.25) is 0 Å². The van der Waals surface area contributed by atoms with Crippen LogP contribution in [0, 0.1) is 0 Å². The van der Waals surface area contributed by atoms with Crippen molar-refractivity contribution < 1.29 is 14.6 Å². The van der Waals surface area contributed by atoms with Gasteiger partial charge in [-0.15, -0.1) is 0 Å². The van der Waals surface area contributed by atoms with Gasteiger partial charge in [0, 0.05) is 0 Å². The Bertz CT molecular complexity index is 111. The Hall–Kier alpha value is -0.250. The molecule has 0 rings (SSSR count). The van der Waals surface area contributed by atoms with Crippen molar-refractivity contribution >= 4 is 22.1 Å². The quantitative estimate of drug-likeness (QED) is 0.545. The van der Waals surface area contributed by atoms with Crippen LogP contribution in [-0.2, 0) is 4.74 Å². The predicted octanol–water partition coefficient (Wildman–Crippen LogP) is 2.20. The summed E-state index contributed by atoms with van der Waals surface area (Å²) in [5.41, 5.74) is 0. The van der Waals surface area contributed by atoms with Crippen LogP contribution in [0.1, 0.15) is 20.3 Å². The average molecular weight is 197 g/mol. The van der Waals surface area contributed by atoms with E-state index in [4.69, 9.17) is 5.11 Å². The van der Waals surface area contributed by atoms with Gasteiger partial charge in [0.25, 0.3) is 0 Å². The Morgan fingerprint density at radius 1 is 1.89 bits per heavy atom. The van der Waals surface area contributed by atoms with Gasteiger partial charge in [-0.2, -0.15) is 0 Å². The van der Waals surface area contributed by atoms with Crippen molar-refractivity contribution in [2.75, 3.05) is 0 Å². The third-order valence-corrected chi connectivity index (χ3v) is 1.65. The zero-order valence-electron chi connectivity index (χ0n) is 5.35. The first-order valence-electron chi connectivity index (χ1n) is 2.59. The van der Waals surface area contributed by atoms with Gasteiger partial charge >= 0.3 is 6.16 Å². The Labute approximate surface area is 62.1 Å². The fourth-order valence-electron chi connectivity index (χ4n) is 0.254. The molecule has 0 saturated carbocycles. The second-order valence-corrected chi connectivity index (χ2v) is 3.50. The first kappa shape index (κ1) is 8.75. The van der Waals surface area contributed by atoms with Crippen molar-refractivity contribution in [1.82, 2.24) is 0 Å². The van der Waals surface area contributed by atoms with E-state index in [0.29, 0.717) is 6.42 Å². The molecule has 0 saturated heterocycles. The van der Waals surface area contributed by atoms with E-state index in [2.05, 4.69) is 20.7 Å². The van der Waals surface area contributed by atoms with Crippen molar-refractivity contribution in [1.29, 1.82) is 0 Å². The molecule has 0 aromatic heterocycles. The maximum Gasteiger partial charge on any atom is 0.507 e. The lowest BCUT2D eigenvalue weighted by atomic mass is 10.3. The van der Waals surface area contributed by atoms with Crippen LogP contribution in [0.25, 0.3) is 0 Å². The molecule has 4 heteroatoms. The molecule has 0 aromatic carbocycles. The number of carbonyl (C=O) groups is 1. The van der Waals surface area contributed by atoms with E-state index >= 15 is 0 Å². The van der Waals surface area contributed by atoms with E-state index in [0.717, 1.165) is 0 Å². The number of ether oxygens (including phenoxy) is 1. The maximum absolute atomic E-state index is 9.92. The van der Waals surface area contributed by atoms with Crippen LogP contribution in [-0.4, -0.2) is 15.8 Å². The highest BCUT2D eigenvalue weighted by Crippen LogP contribution is 2.22. The van der Waals surface area contributed by atoms with Crippen LogP contribution in [0.15, 0.2) is 0 Å². The molecular formula is C5H9BrO3. The van der Waals surface area contributed by atoms with Gasteiger partial charge in [0.05, 0.1) is 0 Å². The number of hydrogen-bond donors (Lipinski definition) is 1. The molecule has 0 radical (unpaired) electrons. The molecule has 0 aliphatic rings. The topological polar surface area (TPSA) is 46.5 Å². The van der Waals surface area contributed by atoms with Gasteiger partial charge in [0.1, 0.15) is 0 Å². The van der Waals surface area contributed by atoms with Crippen LogP contribution in [0.4, 0.5) is 4.79 Å². The zero-order chi connectivity index (χ0) is 7.49. The molecule has 0 aliphatic heterocycles. The maximum atomic E-state index is 9.92. The van der Waals surface area contributed by atoms with Gasteiger partial charge in [-0.25, -0.2) is 4.79 Å². The molecule has 1 atom stereocenters. The number of rotatable bonds is 2. The number of halogens is 1. The van der Waals surface area contributed by atoms with Crippen molar-refractivity contribution in [3.8, 4) is 0 Å². The SMILES string of the molecule is CCC(C)(Br)OC(=O)O. The summed E-state index contributed by atoms with van der Waals surface area (Å²) in [7, 11) is 0. The number of alkyl halides is 1. The minimum Gasteiger partial charge on any atom is -0.450 e. The molecule has 0 fully saturated rings. The highest BCUT2D eigenvalue weighted by Gasteiger charge is 2.21. The summed E-state index contributed by atoms with van der Waals surface area (Å²) >= 11 is 3.08. The molecular weight excluding hydrogens is 188 g/mol. The Balaban J connectivity index is 3.71. The fourth-order valence-corrected chi connectivity index (χ4v) is 0.393. The molecule has 0 aliphatic carbocycles. The molecule has 1 unspecified atom stereocenters. The lowest BCUT2D eigenvalue weighted by Gasteiger charge is -2.17. The second kappa shape index (κ2) is 3.06. The van der Waals surface area contributed by atoms with Crippen molar-refractivity contribution in [2.24, 2.45) is 0 Å². The summed E-state index contributed by atoms with van der Waals surface area (Å²) in [4.78, 5) is 9.92. The van der Waals surface area contributed by atoms with Crippen molar-refractivity contribution in [2.45, 2.75) is 24.8 Å². The van der Waals surface area contributed by atoms with E-state index in [9.17, 15) is 4.79 Å². The Morgan fingerprint density at radius 2 is 2.33 bits per heavy atom. The predicted molar refractivity (Wildman–Crippen MR) is 36.7 cm³/mol. The smallest absolute Gasteiger partial charge is 0.450 e. The monoisotopic (exact) mass is 196 g/mol. The molecule has 0 amide bonds. The molecule has 3 nitrogen and oxygen atoms in total.